The van der Waals surface area contributed by atoms with Gasteiger partial charge in [0.15, 0.2) is 5.78 Å². The SMILES string of the molecule is CCCOc1ccccc1C(=O)c1ccc2c(c1)NCC2. The van der Waals surface area contributed by atoms with Gasteiger partial charge in [0.05, 0.1) is 12.2 Å². The predicted octanol–water partition coefficient (Wildman–Crippen LogP) is 3.67. The maximum atomic E-state index is 12.7. The Morgan fingerprint density at radius 2 is 2.10 bits per heavy atom. The summed E-state index contributed by atoms with van der Waals surface area (Å²) in [7, 11) is 0. The highest BCUT2D eigenvalue weighted by molar-refractivity contribution is 6.11. The lowest BCUT2D eigenvalue weighted by Gasteiger charge is -2.10. The summed E-state index contributed by atoms with van der Waals surface area (Å²) >= 11 is 0. The molecule has 0 bridgehead atoms. The van der Waals surface area contributed by atoms with Crippen LogP contribution in [0.15, 0.2) is 42.5 Å². The smallest absolute Gasteiger partial charge is 0.196 e. The number of carbonyl (C=O) groups excluding carboxylic acids is 1. The lowest BCUT2D eigenvalue weighted by Crippen LogP contribution is -2.06. The lowest BCUT2D eigenvalue weighted by molar-refractivity contribution is 0.103. The molecule has 3 heteroatoms. The number of ketones is 1. The van der Waals surface area contributed by atoms with Gasteiger partial charge in [-0.05, 0) is 36.6 Å². The number of carbonyl (C=O) groups is 1. The van der Waals surface area contributed by atoms with Gasteiger partial charge in [0.1, 0.15) is 5.75 Å². The van der Waals surface area contributed by atoms with Crippen molar-refractivity contribution in [1.29, 1.82) is 0 Å². The molecule has 0 aliphatic carbocycles. The van der Waals surface area contributed by atoms with Crippen LogP contribution < -0.4 is 10.1 Å². The van der Waals surface area contributed by atoms with Gasteiger partial charge < -0.3 is 10.1 Å². The van der Waals surface area contributed by atoms with Gasteiger partial charge in [-0.3, -0.25) is 4.79 Å². The van der Waals surface area contributed by atoms with Crippen molar-refractivity contribution in [2.45, 2.75) is 19.8 Å². The van der Waals surface area contributed by atoms with Gasteiger partial charge in [-0.25, -0.2) is 0 Å². The minimum absolute atomic E-state index is 0.0122. The van der Waals surface area contributed by atoms with Crippen molar-refractivity contribution in [3.8, 4) is 5.75 Å². The average molecular weight is 281 g/mol. The molecule has 2 aromatic rings. The van der Waals surface area contributed by atoms with Crippen LogP contribution in [0.2, 0.25) is 0 Å². The molecule has 0 amide bonds. The van der Waals surface area contributed by atoms with Crippen molar-refractivity contribution in [1.82, 2.24) is 0 Å². The van der Waals surface area contributed by atoms with Gasteiger partial charge in [-0.2, -0.15) is 0 Å². The maximum Gasteiger partial charge on any atom is 0.196 e. The third-order valence-electron chi connectivity index (χ3n) is 3.68. The molecule has 21 heavy (non-hydrogen) atoms. The molecule has 0 radical (unpaired) electrons. The number of fused-ring (bicyclic) bond motifs is 1. The summed E-state index contributed by atoms with van der Waals surface area (Å²) in [5.74, 6) is 0.677. The topological polar surface area (TPSA) is 38.3 Å². The molecule has 0 atom stereocenters. The van der Waals surface area contributed by atoms with Crippen LogP contribution >= 0.6 is 0 Å². The van der Waals surface area contributed by atoms with E-state index in [9.17, 15) is 4.79 Å². The fourth-order valence-corrected chi connectivity index (χ4v) is 2.58. The number of rotatable bonds is 5. The van der Waals surface area contributed by atoms with Crippen molar-refractivity contribution in [3.63, 3.8) is 0 Å². The highest BCUT2D eigenvalue weighted by Gasteiger charge is 2.17. The van der Waals surface area contributed by atoms with E-state index in [1.807, 2.05) is 42.5 Å². The average Bonchev–Trinajstić information content (AvgIpc) is 3.00. The molecule has 1 N–H and O–H groups in total. The van der Waals surface area contributed by atoms with Gasteiger partial charge in [0.25, 0.3) is 0 Å². The fraction of sp³-hybridized carbons (Fsp3) is 0.278. The number of para-hydroxylation sites is 1. The molecular weight excluding hydrogens is 262 g/mol. The Bertz CT molecular complexity index is 664. The fourth-order valence-electron chi connectivity index (χ4n) is 2.58. The second-order valence-corrected chi connectivity index (χ2v) is 5.22. The van der Waals surface area contributed by atoms with Gasteiger partial charge in [0.2, 0.25) is 0 Å². The van der Waals surface area contributed by atoms with Crippen LogP contribution in [0, 0.1) is 0 Å². The van der Waals surface area contributed by atoms with Gasteiger partial charge >= 0.3 is 0 Å². The van der Waals surface area contributed by atoms with Crippen LogP contribution in [0.3, 0.4) is 0 Å². The normalized spacial score (nSPS) is 12.6. The minimum atomic E-state index is 0.0122. The molecule has 1 aliphatic heterocycles. The van der Waals surface area contributed by atoms with E-state index in [0.717, 1.165) is 25.1 Å². The Morgan fingerprint density at radius 1 is 1.24 bits per heavy atom. The Labute approximate surface area is 124 Å². The van der Waals surface area contributed by atoms with E-state index < -0.39 is 0 Å². The van der Waals surface area contributed by atoms with Gasteiger partial charge in [0, 0.05) is 17.8 Å². The highest BCUT2D eigenvalue weighted by atomic mass is 16.5. The molecule has 0 saturated carbocycles. The number of nitrogens with one attached hydrogen (secondary N) is 1. The molecule has 0 fully saturated rings. The molecule has 1 aliphatic rings. The molecular formula is C18H19NO2. The minimum Gasteiger partial charge on any atom is -0.493 e. The Hall–Kier alpha value is -2.29. The lowest BCUT2D eigenvalue weighted by atomic mass is 10.00. The first-order chi connectivity index (χ1) is 10.3. The number of benzene rings is 2. The Kier molecular flexibility index (Phi) is 3.91. The second-order valence-electron chi connectivity index (χ2n) is 5.22. The van der Waals surface area contributed by atoms with Crippen LogP contribution in [0.4, 0.5) is 5.69 Å². The molecule has 0 saturated heterocycles. The van der Waals surface area contributed by atoms with Crippen molar-refractivity contribution in [3.05, 3.63) is 59.2 Å². The summed E-state index contributed by atoms with van der Waals surface area (Å²) in [6, 6.07) is 13.3. The number of ether oxygens (including phenoxy) is 1. The molecule has 0 aromatic heterocycles. The maximum absolute atomic E-state index is 12.7. The summed E-state index contributed by atoms with van der Waals surface area (Å²) in [5.41, 5.74) is 3.69. The van der Waals surface area contributed by atoms with Crippen molar-refractivity contribution in [2.24, 2.45) is 0 Å². The molecule has 0 unspecified atom stereocenters. The van der Waals surface area contributed by atoms with Crippen LogP contribution in [0.5, 0.6) is 5.75 Å². The van der Waals surface area contributed by atoms with E-state index in [1.165, 1.54) is 5.56 Å². The van der Waals surface area contributed by atoms with E-state index in [4.69, 9.17) is 4.74 Å². The summed E-state index contributed by atoms with van der Waals surface area (Å²) in [6.45, 7) is 3.62. The van der Waals surface area contributed by atoms with Crippen molar-refractivity contribution < 1.29 is 9.53 Å². The van der Waals surface area contributed by atoms with E-state index >= 15 is 0 Å². The van der Waals surface area contributed by atoms with Crippen molar-refractivity contribution in [2.75, 3.05) is 18.5 Å². The van der Waals surface area contributed by atoms with Crippen LogP contribution in [0.25, 0.3) is 0 Å². The van der Waals surface area contributed by atoms with Crippen LogP contribution in [0.1, 0.15) is 34.8 Å². The summed E-state index contributed by atoms with van der Waals surface area (Å²) in [6.07, 6.45) is 1.95. The summed E-state index contributed by atoms with van der Waals surface area (Å²) in [4.78, 5) is 12.7. The van der Waals surface area contributed by atoms with Gasteiger partial charge in [-0.15, -0.1) is 0 Å². The standard InChI is InChI=1S/C18H19NO2/c1-2-11-21-17-6-4-3-5-15(17)18(20)14-8-7-13-9-10-19-16(13)12-14/h3-8,12,19H,2,9-11H2,1H3. The highest BCUT2D eigenvalue weighted by Crippen LogP contribution is 2.27. The van der Waals surface area contributed by atoms with E-state index in [-0.39, 0.29) is 5.78 Å². The molecule has 0 spiro atoms. The molecule has 2 aromatic carbocycles. The Balaban J connectivity index is 1.91. The first kappa shape index (κ1) is 13.7. The predicted molar refractivity (Wildman–Crippen MR) is 84.3 cm³/mol. The first-order valence-corrected chi connectivity index (χ1v) is 7.43. The number of anilines is 1. The third kappa shape index (κ3) is 2.77. The third-order valence-corrected chi connectivity index (χ3v) is 3.68. The zero-order valence-electron chi connectivity index (χ0n) is 12.2. The second kappa shape index (κ2) is 6.00. The van der Waals surface area contributed by atoms with Crippen molar-refractivity contribution >= 4 is 11.5 Å². The molecule has 1 heterocycles. The molecule has 3 rings (SSSR count). The quantitative estimate of drug-likeness (QED) is 0.850. The van der Waals surface area contributed by atoms with Gasteiger partial charge in [-0.1, -0.05) is 31.2 Å². The van der Waals surface area contributed by atoms with Crippen LogP contribution in [-0.2, 0) is 6.42 Å². The molecule has 3 nitrogen and oxygen atoms in total. The summed E-state index contributed by atoms with van der Waals surface area (Å²) in [5, 5.41) is 3.31. The largest absolute Gasteiger partial charge is 0.493 e. The molecule has 108 valence electrons. The zero-order chi connectivity index (χ0) is 14.7. The van der Waals surface area contributed by atoms with E-state index in [2.05, 4.69) is 12.2 Å². The monoisotopic (exact) mass is 281 g/mol. The zero-order valence-corrected chi connectivity index (χ0v) is 12.2. The van der Waals surface area contributed by atoms with E-state index in [0.29, 0.717) is 23.5 Å². The first-order valence-electron chi connectivity index (χ1n) is 7.43. The number of hydrogen-bond acceptors (Lipinski definition) is 3. The summed E-state index contributed by atoms with van der Waals surface area (Å²) < 4.78 is 5.69. The Morgan fingerprint density at radius 3 is 2.95 bits per heavy atom. The van der Waals surface area contributed by atoms with E-state index in [1.54, 1.807) is 0 Å². The number of hydrogen-bond donors (Lipinski definition) is 1. The van der Waals surface area contributed by atoms with Crippen LogP contribution in [-0.4, -0.2) is 18.9 Å².